The summed E-state index contributed by atoms with van der Waals surface area (Å²) in [6.45, 7) is 2.03. The smallest absolute Gasteiger partial charge is 0.268 e. The van der Waals surface area contributed by atoms with Crippen LogP contribution in [0, 0.1) is 6.92 Å². The molecule has 0 spiro atoms. The van der Waals surface area contributed by atoms with E-state index in [2.05, 4.69) is 11.1 Å². The molecule has 0 aliphatic rings. The summed E-state index contributed by atoms with van der Waals surface area (Å²) >= 11 is 14.0. The predicted molar refractivity (Wildman–Crippen MR) is 111 cm³/mol. The van der Waals surface area contributed by atoms with Crippen LogP contribution in [0.4, 0.5) is 5.69 Å². The van der Waals surface area contributed by atoms with Crippen molar-refractivity contribution in [3.8, 4) is 0 Å². The average Bonchev–Trinajstić information content (AvgIpc) is 3.08. The van der Waals surface area contributed by atoms with E-state index in [1.165, 1.54) is 11.3 Å². The van der Waals surface area contributed by atoms with Crippen LogP contribution >= 0.6 is 34.5 Å². The van der Waals surface area contributed by atoms with Crippen LogP contribution in [0.25, 0.3) is 21.0 Å². The van der Waals surface area contributed by atoms with Gasteiger partial charge in [-0.1, -0.05) is 47.0 Å². The molecule has 0 atom stereocenters. The van der Waals surface area contributed by atoms with Gasteiger partial charge in [0.25, 0.3) is 5.91 Å². The summed E-state index contributed by atoms with van der Waals surface area (Å²) in [6, 6.07) is 15.1. The number of carbonyl (C=O) groups is 1. The number of benzene rings is 2. The second kappa shape index (κ2) is 6.54. The molecule has 0 bridgehead atoms. The van der Waals surface area contributed by atoms with E-state index in [1.807, 2.05) is 43.3 Å². The van der Waals surface area contributed by atoms with E-state index in [9.17, 15) is 4.79 Å². The van der Waals surface area contributed by atoms with Crippen LogP contribution < -0.4 is 4.90 Å². The van der Waals surface area contributed by atoms with Gasteiger partial charge in [0, 0.05) is 22.5 Å². The molecule has 0 aliphatic carbocycles. The topological polar surface area (TPSA) is 33.2 Å². The molecule has 4 rings (SSSR count). The molecule has 0 N–H and O–H groups in total. The van der Waals surface area contributed by atoms with Crippen LogP contribution in [0.2, 0.25) is 10.2 Å². The lowest BCUT2D eigenvalue weighted by atomic mass is 10.1. The third-order valence-electron chi connectivity index (χ3n) is 4.30. The summed E-state index contributed by atoms with van der Waals surface area (Å²) in [4.78, 5) is 19.6. The van der Waals surface area contributed by atoms with E-state index >= 15 is 0 Å². The average molecular weight is 401 g/mol. The van der Waals surface area contributed by atoms with Crippen LogP contribution in [0.3, 0.4) is 0 Å². The number of aromatic nitrogens is 1. The van der Waals surface area contributed by atoms with Crippen LogP contribution in [0.15, 0.2) is 48.5 Å². The minimum Gasteiger partial charge on any atom is -0.309 e. The molecular formula is C20H14Cl2N2OS. The zero-order chi connectivity index (χ0) is 18.4. The lowest BCUT2D eigenvalue weighted by Crippen LogP contribution is -2.25. The number of pyridine rings is 1. The van der Waals surface area contributed by atoms with Crippen molar-refractivity contribution >= 4 is 67.1 Å². The summed E-state index contributed by atoms with van der Waals surface area (Å²) in [5, 5.41) is 2.75. The summed E-state index contributed by atoms with van der Waals surface area (Å²) in [5.41, 5.74) is 2.63. The van der Waals surface area contributed by atoms with Crippen LogP contribution in [-0.2, 0) is 0 Å². The Balaban J connectivity index is 1.86. The van der Waals surface area contributed by atoms with Gasteiger partial charge in [0.15, 0.2) is 0 Å². The molecule has 26 heavy (non-hydrogen) atoms. The molecule has 2 aromatic carbocycles. The van der Waals surface area contributed by atoms with Gasteiger partial charge in [-0.05, 0) is 37.3 Å². The third kappa shape index (κ3) is 2.84. The maximum atomic E-state index is 13.0. The van der Waals surface area contributed by atoms with Gasteiger partial charge in [0.1, 0.15) is 5.15 Å². The fraction of sp³-hybridized carbons (Fsp3) is 0.100. The zero-order valence-corrected chi connectivity index (χ0v) is 16.4. The molecule has 130 valence electrons. The number of thiophene rings is 1. The Morgan fingerprint density at radius 1 is 1.08 bits per heavy atom. The lowest BCUT2D eigenvalue weighted by molar-refractivity contribution is 0.0997. The molecule has 0 unspecified atom stereocenters. The number of nitrogens with zero attached hydrogens (tertiary/aromatic N) is 2. The number of anilines is 1. The molecule has 0 fully saturated rings. The second-order valence-electron chi connectivity index (χ2n) is 6.09. The predicted octanol–water partition coefficient (Wildman–Crippen LogP) is 6.34. The van der Waals surface area contributed by atoms with Gasteiger partial charge >= 0.3 is 0 Å². The normalized spacial score (nSPS) is 11.2. The first-order valence-electron chi connectivity index (χ1n) is 7.97. The van der Waals surface area contributed by atoms with Crippen molar-refractivity contribution in [2.75, 3.05) is 11.9 Å². The van der Waals surface area contributed by atoms with Crippen molar-refractivity contribution in [2.45, 2.75) is 6.92 Å². The second-order valence-corrected chi connectivity index (χ2v) is 7.91. The van der Waals surface area contributed by atoms with E-state index in [-0.39, 0.29) is 5.91 Å². The maximum absolute atomic E-state index is 13.0. The first-order chi connectivity index (χ1) is 12.5. The highest BCUT2D eigenvalue weighted by Crippen LogP contribution is 2.37. The summed E-state index contributed by atoms with van der Waals surface area (Å²) in [5.74, 6) is -0.129. The molecule has 0 radical (unpaired) electrons. The van der Waals surface area contributed by atoms with Crippen LogP contribution in [-0.4, -0.2) is 17.9 Å². The fourth-order valence-corrected chi connectivity index (χ4v) is 4.66. The number of fused-ring (bicyclic) bond motifs is 3. The molecule has 0 saturated carbocycles. The van der Waals surface area contributed by atoms with Gasteiger partial charge in [-0.15, -0.1) is 11.3 Å². The molecular weight excluding hydrogens is 387 g/mol. The number of hydrogen-bond donors (Lipinski definition) is 0. The largest absolute Gasteiger partial charge is 0.309 e. The van der Waals surface area contributed by atoms with Crippen molar-refractivity contribution in [2.24, 2.45) is 0 Å². The minimum absolute atomic E-state index is 0.129. The lowest BCUT2D eigenvalue weighted by Gasteiger charge is -2.17. The van der Waals surface area contributed by atoms with Crippen molar-refractivity contribution in [3.05, 3.63) is 69.1 Å². The van der Waals surface area contributed by atoms with Crippen molar-refractivity contribution in [3.63, 3.8) is 0 Å². The van der Waals surface area contributed by atoms with Crippen molar-refractivity contribution in [1.82, 2.24) is 4.98 Å². The number of halogens is 2. The number of rotatable bonds is 2. The van der Waals surface area contributed by atoms with Crippen LogP contribution in [0.5, 0.6) is 0 Å². The van der Waals surface area contributed by atoms with Crippen LogP contribution in [0.1, 0.15) is 15.2 Å². The van der Waals surface area contributed by atoms with Gasteiger partial charge < -0.3 is 4.90 Å². The number of amides is 1. The Morgan fingerprint density at radius 2 is 1.85 bits per heavy atom. The maximum Gasteiger partial charge on any atom is 0.268 e. The Hall–Kier alpha value is -2.14. The Morgan fingerprint density at radius 3 is 2.62 bits per heavy atom. The Kier molecular flexibility index (Phi) is 4.35. The molecule has 0 aliphatic heterocycles. The standard InChI is InChI=1S/C20H14Cl2N2OS/c1-11-7-8-15-12(9-11)18-13(19(22)23-15)10-17(26-18)20(25)24(2)16-6-4-3-5-14(16)21/h3-10H,1-2H3. The molecule has 4 aromatic rings. The molecule has 2 aromatic heterocycles. The first-order valence-corrected chi connectivity index (χ1v) is 9.55. The number of hydrogen-bond acceptors (Lipinski definition) is 3. The molecule has 2 heterocycles. The fourth-order valence-electron chi connectivity index (χ4n) is 2.94. The van der Waals surface area contributed by atoms with Gasteiger partial charge in [-0.2, -0.15) is 0 Å². The minimum atomic E-state index is -0.129. The van der Waals surface area contributed by atoms with Gasteiger partial charge in [-0.3, -0.25) is 4.79 Å². The van der Waals surface area contributed by atoms with E-state index in [0.717, 1.165) is 26.6 Å². The summed E-state index contributed by atoms with van der Waals surface area (Å²) < 4.78 is 0.972. The summed E-state index contributed by atoms with van der Waals surface area (Å²) in [6.07, 6.45) is 0. The SMILES string of the molecule is Cc1ccc2nc(Cl)c3cc(C(=O)N(C)c4ccccc4Cl)sc3c2c1. The molecule has 1 amide bonds. The van der Waals surface area contributed by atoms with Gasteiger partial charge in [0.2, 0.25) is 0 Å². The van der Waals surface area contributed by atoms with E-state index in [4.69, 9.17) is 23.2 Å². The first kappa shape index (κ1) is 17.3. The number of para-hydroxylation sites is 1. The van der Waals surface area contributed by atoms with E-state index in [0.29, 0.717) is 20.7 Å². The third-order valence-corrected chi connectivity index (χ3v) is 6.06. The number of carbonyl (C=O) groups excluding carboxylic acids is 1. The highest BCUT2D eigenvalue weighted by atomic mass is 35.5. The Bertz CT molecular complexity index is 1170. The van der Waals surface area contributed by atoms with Gasteiger partial charge in [0.05, 0.1) is 21.1 Å². The zero-order valence-electron chi connectivity index (χ0n) is 14.1. The molecule has 6 heteroatoms. The molecule has 0 saturated heterocycles. The highest BCUT2D eigenvalue weighted by Gasteiger charge is 2.20. The quantitative estimate of drug-likeness (QED) is 0.367. The van der Waals surface area contributed by atoms with Crippen molar-refractivity contribution in [1.29, 1.82) is 0 Å². The number of aryl methyl sites for hydroxylation is 1. The van der Waals surface area contributed by atoms with Gasteiger partial charge in [-0.25, -0.2) is 4.98 Å². The Labute approximate surface area is 164 Å². The van der Waals surface area contributed by atoms with E-state index in [1.54, 1.807) is 18.0 Å². The van der Waals surface area contributed by atoms with E-state index < -0.39 is 0 Å². The monoisotopic (exact) mass is 400 g/mol. The summed E-state index contributed by atoms with van der Waals surface area (Å²) in [7, 11) is 1.72. The molecule has 3 nitrogen and oxygen atoms in total. The van der Waals surface area contributed by atoms with Crippen molar-refractivity contribution < 1.29 is 4.79 Å². The highest BCUT2D eigenvalue weighted by molar-refractivity contribution is 7.22.